The van der Waals surface area contributed by atoms with Gasteiger partial charge in [-0.3, -0.25) is 9.89 Å². The van der Waals surface area contributed by atoms with E-state index in [0.29, 0.717) is 5.69 Å². The van der Waals surface area contributed by atoms with Gasteiger partial charge in [0, 0.05) is 11.1 Å². The molecule has 0 saturated carbocycles. The summed E-state index contributed by atoms with van der Waals surface area (Å²) in [5.74, 6) is -0.322. The number of benzene rings is 1. The molecule has 5 nitrogen and oxygen atoms in total. The number of hydrogen-bond acceptors (Lipinski definition) is 3. The fourth-order valence-electron chi connectivity index (χ4n) is 1.76. The van der Waals surface area contributed by atoms with Crippen molar-refractivity contribution in [1.29, 1.82) is 0 Å². The Balaban J connectivity index is 2.07. The molecule has 0 atom stereocenters. The second-order valence-corrected chi connectivity index (χ2v) is 5.92. The van der Waals surface area contributed by atoms with Crippen molar-refractivity contribution < 1.29 is 4.79 Å². The van der Waals surface area contributed by atoms with Gasteiger partial charge in [-0.25, -0.2) is 5.43 Å². The van der Waals surface area contributed by atoms with Gasteiger partial charge in [-0.05, 0) is 18.6 Å². The number of H-pyrrole nitrogens is 1. The maximum atomic E-state index is 12.0. The molecule has 0 spiro atoms. The molecule has 110 valence electrons. The quantitative estimate of drug-likeness (QED) is 0.672. The molecule has 0 saturated heterocycles. The van der Waals surface area contributed by atoms with Crippen molar-refractivity contribution in [2.24, 2.45) is 5.10 Å². The van der Waals surface area contributed by atoms with Crippen LogP contribution in [-0.2, 0) is 5.41 Å². The van der Waals surface area contributed by atoms with Crippen molar-refractivity contribution >= 4 is 11.6 Å². The number of carbonyl (C=O) groups excluding carboxylic acids is 1. The van der Waals surface area contributed by atoms with Crippen LogP contribution >= 0.6 is 0 Å². The zero-order chi connectivity index (χ0) is 15.5. The highest BCUT2D eigenvalue weighted by atomic mass is 16.2. The van der Waals surface area contributed by atoms with Gasteiger partial charge in [0.1, 0.15) is 0 Å². The number of carbonyl (C=O) groups is 1. The van der Waals surface area contributed by atoms with Crippen molar-refractivity contribution in [2.45, 2.75) is 33.1 Å². The summed E-state index contributed by atoms with van der Waals surface area (Å²) < 4.78 is 0. The molecular weight excluding hydrogens is 264 g/mol. The average Bonchev–Trinajstić information content (AvgIpc) is 2.95. The number of amides is 1. The molecule has 1 amide bonds. The van der Waals surface area contributed by atoms with Gasteiger partial charge in [-0.2, -0.15) is 10.2 Å². The van der Waals surface area contributed by atoms with E-state index >= 15 is 0 Å². The highest BCUT2D eigenvalue weighted by Gasteiger charge is 2.19. The third-order valence-electron chi connectivity index (χ3n) is 3.14. The van der Waals surface area contributed by atoms with Crippen LogP contribution < -0.4 is 5.43 Å². The van der Waals surface area contributed by atoms with Crippen LogP contribution in [0.1, 0.15) is 49.4 Å². The van der Waals surface area contributed by atoms with Crippen LogP contribution in [0.2, 0.25) is 0 Å². The zero-order valence-electron chi connectivity index (χ0n) is 12.8. The Hall–Kier alpha value is -2.43. The number of hydrogen-bond donors (Lipinski definition) is 2. The maximum absolute atomic E-state index is 12.0. The molecule has 2 aromatic rings. The van der Waals surface area contributed by atoms with E-state index in [2.05, 4.69) is 41.5 Å². The third kappa shape index (κ3) is 3.78. The molecule has 21 heavy (non-hydrogen) atoms. The monoisotopic (exact) mass is 284 g/mol. The molecule has 1 aromatic heterocycles. The molecule has 1 heterocycles. The maximum Gasteiger partial charge on any atom is 0.291 e. The van der Waals surface area contributed by atoms with Gasteiger partial charge in [0.05, 0.1) is 5.71 Å². The molecule has 0 fully saturated rings. The Morgan fingerprint density at radius 2 is 1.90 bits per heavy atom. The molecule has 0 aliphatic rings. The minimum Gasteiger partial charge on any atom is -0.281 e. The number of aromatic nitrogens is 2. The summed E-state index contributed by atoms with van der Waals surface area (Å²) in [6, 6.07) is 11.4. The van der Waals surface area contributed by atoms with Crippen molar-refractivity contribution in [1.82, 2.24) is 15.6 Å². The predicted octanol–water partition coefficient (Wildman–Crippen LogP) is 2.86. The van der Waals surface area contributed by atoms with Gasteiger partial charge in [0.2, 0.25) is 0 Å². The molecule has 1 aromatic carbocycles. The summed E-state index contributed by atoms with van der Waals surface area (Å²) in [5, 5.41) is 11.0. The van der Waals surface area contributed by atoms with Crippen LogP contribution in [0, 0.1) is 0 Å². The third-order valence-corrected chi connectivity index (χ3v) is 3.14. The standard InChI is InChI=1S/C16H20N4O/c1-11(12-8-6-5-7-9-12)17-20-15(21)13-10-14(19-18-13)16(2,3)4/h5-10H,1-4H3,(H,18,19)(H,20,21). The van der Waals surface area contributed by atoms with E-state index < -0.39 is 0 Å². The lowest BCUT2D eigenvalue weighted by Gasteiger charge is -2.14. The normalized spacial score (nSPS) is 12.3. The van der Waals surface area contributed by atoms with Crippen molar-refractivity contribution in [3.05, 3.63) is 53.3 Å². The second-order valence-electron chi connectivity index (χ2n) is 5.92. The van der Waals surface area contributed by atoms with E-state index in [0.717, 1.165) is 17.0 Å². The molecular formula is C16H20N4O. The first-order valence-electron chi connectivity index (χ1n) is 6.84. The second kappa shape index (κ2) is 5.91. The van der Waals surface area contributed by atoms with Crippen LogP contribution in [0.4, 0.5) is 0 Å². The molecule has 2 rings (SSSR count). The molecule has 0 aliphatic heterocycles. The molecule has 0 bridgehead atoms. The van der Waals surface area contributed by atoms with Crippen molar-refractivity contribution in [3.63, 3.8) is 0 Å². The van der Waals surface area contributed by atoms with Gasteiger partial charge in [0.25, 0.3) is 5.91 Å². The first kappa shape index (κ1) is 15.0. The summed E-state index contributed by atoms with van der Waals surface area (Å²) in [7, 11) is 0. The number of rotatable bonds is 3. The van der Waals surface area contributed by atoms with Gasteiger partial charge in [-0.1, -0.05) is 51.1 Å². The lowest BCUT2D eigenvalue weighted by atomic mass is 9.92. The lowest BCUT2D eigenvalue weighted by molar-refractivity contribution is 0.0950. The van der Waals surface area contributed by atoms with Crippen LogP contribution in [0.25, 0.3) is 0 Å². The average molecular weight is 284 g/mol. The summed E-state index contributed by atoms with van der Waals surface area (Å²) in [6.45, 7) is 8.01. The molecule has 0 aliphatic carbocycles. The molecule has 0 radical (unpaired) electrons. The lowest BCUT2D eigenvalue weighted by Crippen LogP contribution is -2.19. The van der Waals surface area contributed by atoms with Gasteiger partial charge in [0.15, 0.2) is 5.69 Å². The smallest absolute Gasteiger partial charge is 0.281 e. The Bertz CT molecular complexity index is 650. The van der Waals surface area contributed by atoms with Crippen LogP contribution in [-0.4, -0.2) is 21.8 Å². The summed E-state index contributed by atoms with van der Waals surface area (Å²) >= 11 is 0. The van der Waals surface area contributed by atoms with E-state index in [-0.39, 0.29) is 11.3 Å². The highest BCUT2D eigenvalue weighted by Crippen LogP contribution is 2.20. The molecule has 5 heteroatoms. The van der Waals surface area contributed by atoms with Crippen LogP contribution in [0.5, 0.6) is 0 Å². The van der Waals surface area contributed by atoms with Crippen LogP contribution in [0.15, 0.2) is 41.5 Å². The fourth-order valence-corrected chi connectivity index (χ4v) is 1.76. The van der Waals surface area contributed by atoms with E-state index in [1.807, 2.05) is 37.3 Å². The van der Waals surface area contributed by atoms with Gasteiger partial charge >= 0.3 is 0 Å². The SMILES string of the molecule is CC(=NNC(=O)c1cc(C(C)(C)C)[nH]n1)c1ccccc1. The first-order valence-corrected chi connectivity index (χ1v) is 6.84. The topological polar surface area (TPSA) is 70.1 Å². The van der Waals surface area contributed by atoms with E-state index in [1.54, 1.807) is 6.07 Å². The minimum atomic E-state index is -0.322. The first-order chi connectivity index (χ1) is 9.88. The Morgan fingerprint density at radius 3 is 2.48 bits per heavy atom. The highest BCUT2D eigenvalue weighted by molar-refractivity contribution is 6.00. The largest absolute Gasteiger partial charge is 0.291 e. The Kier molecular flexibility index (Phi) is 4.21. The summed E-state index contributed by atoms with van der Waals surface area (Å²) in [5.41, 5.74) is 5.42. The van der Waals surface area contributed by atoms with Crippen molar-refractivity contribution in [2.75, 3.05) is 0 Å². The number of nitrogens with one attached hydrogen (secondary N) is 2. The molecule has 2 N–H and O–H groups in total. The molecule has 0 unspecified atom stereocenters. The van der Waals surface area contributed by atoms with Gasteiger partial charge in [-0.15, -0.1) is 0 Å². The number of hydrazone groups is 1. The Labute approximate surface area is 124 Å². The van der Waals surface area contributed by atoms with E-state index in [1.165, 1.54) is 0 Å². The summed E-state index contributed by atoms with van der Waals surface area (Å²) in [4.78, 5) is 12.0. The summed E-state index contributed by atoms with van der Waals surface area (Å²) in [6.07, 6.45) is 0. The zero-order valence-corrected chi connectivity index (χ0v) is 12.8. The van der Waals surface area contributed by atoms with Crippen LogP contribution in [0.3, 0.4) is 0 Å². The minimum absolute atomic E-state index is 0.0746. The fraction of sp³-hybridized carbons (Fsp3) is 0.312. The van der Waals surface area contributed by atoms with Crippen molar-refractivity contribution in [3.8, 4) is 0 Å². The number of aromatic amines is 1. The number of nitrogens with zero attached hydrogens (tertiary/aromatic N) is 2. The van der Waals surface area contributed by atoms with Gasteiger partial charge < -0.3 is 0 Å². The van der Waals surface area contributed by atoms with E-state index in [9.17, 15) is 4.79 Å². The Morgan fingerprint density at radius 1 is 1.24 bits per heavy atom. The van der Waals surface area contributed by atoms with E-state index in [4.69, 9.17) is 0 Å². The predicted molar refractivity (Wildman–Crippen MR) is 83.4 cm³/mol.